The largest absolute Gasteiger partial charge is 0.481 e. The van der Waals surface area contributed by atoms with Crippen LogP contribution in [0.15, 0.2) is 17.8 Å². The van der Waals surface area contributed by atoms with Crippen molar-refractivity contribution < 1.29 is 27.5 Å². The zero-order chi connectivity index (χ0) is 20.1. The second kappa shape index (κ2) is 6.28. The van der Waals surface area contributed by atoms with Crippen LogP contribution in [0.2, 0.25) is 0 Å². The number of nitrogens with one attached hydrogen (secondary N) is 1. The summed E-state index contributed by atoms with van der Waals surface area (Å²) >= 11 is 0. The van der Waals surface area contributed by atoms with Gasteiger partial charge in [0.05, 0.1) is 17.0 Å². The Kier molecular flexibility index (Phi) is 4.48. The van der Waals surface area contributed by atoms with Crippen LogP contribution in [-0.4, -0.2) is 28.9 Å². The first-order valence-electron chi connectivity index (χ1n) is 8.66. The summed E-state index contributed by atoms with van der Waals surface area (Å²) in [5.41, 5.74) is -1.07. The van der Waals surface area contributed by atoms with Crippen molar-refractivity contribution in [3.63, 3.8) is 0 Å². The highest BCUT2D eigenvalue weighted by Crippen LogP contribution is 2.47. The van der Waals surface area contributed by atoms with Crippen LogP contribution in [-0.2, 0) is 15.8 Å². The van der Waals surface area contributed by atoms with Crippen LogP contribution >= 0.6 is 0 Å². The van der Waals surface area contributed by atoms with Crippen molar-refractivity contribution in [2.75, 3.05) is 6.54 Å². The number of carbonyl (C=O) groups excluding carboxylic acids is 2. The molecular weight excluding hydrogens is 361 g/mol. The minimum Gasteiger partial charge on any atom is -0.481 e. The Bertz CT molecular complexity index is 856. The summed E-state index contributed by atoms with van der Waals surface area (Å²) in [6, 6.07) is 2.26. The molecule has 0 radical (unpaired) electrons. The van der Waals surface area contributed by atoms with Crippen molar-refractivity contribution in [1.29, 1.82) is 0 Å². The van der Waals surface area contributed by atoms with Gasteiger partial charge in [0.25, 0.3) is 0 Å². The Morgan fingerprint density at radius 3 is 2.48 bits per heavy atom. The molecule has 8 heteroatoms. The van der Waals surface area contributed by atoms with Crippen molar-refractivity contribution >= 4 is 17.5 Å². The normalized spacial score (nSPS) is 19.1. The molecule has 1 aromatic rings. The Balaban J connectivity index is 2.35. The molecule has 0 aliphatic carbocycles. The number of halogens is 3. The minimum absolute atomic E-state index is 0.0342. The van der Waals surface area contributed by atoms with Gasteiger partial charge in [-0.2, -0.15) is 13.2 Å². The molecule has 146 valence electrons. The first kappa shape index (κ1) is 19.3. The van der Waals surface area contributed by atoms with Gasteiger partial charge in [-0.15, -0.1) is 0 Å². The van der Waals surface area contributed by atoms with Gasteiger partial charge in [-0.25, -0.2) is 0 Å². The Hall–Kier alpha value is -2.51. The van der Waals surface area contributed by atoms with Crippen molar-refractivity contribution in [3.05, 3.63) is 34.5 Å². The molecule has 1 N–H and O–H groups in total. The number of hydrogen-bond acceptors (Lipinski definition) is 3. The molecule has 1 aromatic carbocycles. The maximum atomic E-state index is 13.5. The molecule has 0 bridgehead atoms. The molecule has 2 amide bonds. The van der Waals surface area contributed by atoms with Crippen LogP contribution in [0.4, 0.5) is 13.2 Å². The van der Waals surface area contributed by atoms with E-state index in [2.05, 4.69) is 5.32 Å². The summed E-state index contributed by atoms with van der Waals surface area (Å²) < 4.78 is 46.3. The van der Waals surface area contributed by atoms with Gasteiger partial charge in [0.15, 0.2) is 0 Å². The maximum absolute atomic E-state index is 13.5. The molecule has 3 rings (SSSR count). The molecule has 2 heterocycles. The number of carbonyl (C=O) groups is 2. The van der Waals surface area contributed by atoms with E-state index in [1.807, 2.05) is 0 Å². The maximum Gasteiger partial charge on any atom is 0.416 e. The molecule has 0 unspecified atom stereocenters. The third-order valence-electron chi connectivity index (χ3n) is 4.82. The molecule has 27 heavy (non-hydrogen) atoms. The monoisotopic (exact) mass is 382 g/mol. The molecular formula is C19H21F3N2O3. The SMILES string of the molecule is CC(=O)NC1=C(N2CCCC2=O)c2c(ccc(C(F)(F)F)c2C)OC1(C)C. The van der Waals surface area contributed by atoms with Gasteiger partial charge in [-0.1, -0.05) is 0 Å². The minimum atomic E-state index is -4.54. The summed E-state index contributed by atoms with van der Waals surface area (Å²) in [5, 5.41) is 2.69. The molecule has 2 aliphatic heterocycles. The predicted octanol–water partition coefficient (Wildman–Crippen LogP) is 3.61. The fraction of sp³-hybridized carbons (Fsp3) is 0.474. The Morgan fingerprint density at radius 2 is 1.96 bits per heavy atom. The van der Waals surface area contributed by atoms with Crippen molar-refractivity contribution in [1.82, 2.24) is 10.2 Å². The second-order valence-electron chi connectivity index (χ2n) is 7.28. The zero-order valence-electron chi connectivity index (χ0n) is 15.6. The topological polar surface area (TPSA) is 58.6 Å². The van der Waals surface area contributed by atoms with Gasteiger partial charge in [0, 0.05) is 25.5 Å². The van der Waals surface area contributed by atoms with Gasteiger partial charge in [-0.3, -0.25) is 9.59 Å². The number of benzene rings is 1. The van der Waals surface area contributed by atoms with Crippen LogP contribution in [0.5, 0.6) is 5.75 Å². The number of amides is 2. The lowest BCUT2D eigenvalue weighted by Crippen LogP contribution is -2.45. The fourth-order valence-corrected chi connectivity index (χ4v) is 3.65. The summed E-state index contributed by atoms with van der Waals surface area (Å²) in [6.07, 6.45) is -3.63. The number of ether oxygens (including phenoxy) is 1. The van der Waals surface area contributed by atoms with Crippen LogP contribution in [0.1, 0.15) is 50.3 Å². The van der Waals surface area contributed by atoms with E-state index in [1.165, 1.54) is 24.8 Å². The van der Waals surface area contributed by atoms with E-state index >= 15 is 0 Å². The predicted molar refractivity (Wildman–Crippen MR) is 92.6 cm³/mol. The van der Waals surface area contributed by atoms with E-state index < -0.39 is 17.3 Å². The highest BCUT2D eigenvalue weighted by atomic mass is 19.4. The van der Waals surface area contributed by atoms with Gasteiger partial charge in [-0.05, 0) is 44.9 Å². The van der Waals surface area contributed by atoms with E-state index in [4.69, 9.17) is 4.74 Å². The van der Waals surface area contributed by atoms with Crippen LogP contribution in [0.3, 0.4) is 0 Å². The highest BCUT2D eigenvalue weighted by molar-refractivity contribution is 5.93. The van der Waals surface area contributed by atoms with Crippen molar-refractivity contribution in [3.8, 4) is 5.75 Å². The Morgan fingerprint density at radius 1 is 1.30 bits per heavy atom. The van der Waals surface area contributed by atoms with Crippen LogP contribution in [0, 0.1) is 6.92 Å². The molecule has 5 nitrogen and oxygen atoms in total. The lowest BCUT2D eigenvalue weighted by atomic mass is 9.89. The molecule has 2 aliphatic rings. The lowest BCUT2D eigenvalue weighted by Gasteiger charge is -2.40. The molecule has 0 atom stereocenters. The van der Waals surface area contributed by atoms with Crippen molar-refractivity contribution in [2.45, 2.75) is 52.3 Å². The third kappa shape index (κ3) is 3.28. The highest BCUT2D eigenvalue weighted by Gasteiger charge is 2.43. The number of fused-ring (bicyclic) bond motifs is 1. The first-order chi connectivity index (χ1) is 12.4. The summed E-state index contributed by atoms with van der Waals surface area (Å²) in [7, 11) is 0. The molecule has 0 aromatic heterocycles. The molecule has 0 spiro atoms. The third-order valence-corrected chi connectivity index (χ3v) is 4.82. The van der Waals surface area contributed by atoms with Crippen molar-refractivity contribution in [2.24, 2.45) is 0 Å². The van der Waals surface area contributed by atoms with Crippen LogP contribution in [0.25, 0.3) is 5.70 Å². The summed E-state index contributed by atoms with van der Waals surface area (Å²) in [6.45, 7) is 6.45. The number of likely N-dealkylation sites (tertiary alicyclic amines) is 1. The quantitative estimate of drug-likeness (QED) is 0.850. The van der Waals surface area contributed by atoms with E-state index in [0.29, 0.717) is 30.8 Å². The number of hydrogen-bond donors (Lipinski definition) is 1. The van der Waals surface area contributed by atoms with E-state index in [1.54, 1.807) is 13.8 Å². The number of nitrogens with zero attached hydrogens (tertiary/aromatic N) is 1. The zero-order valence-corrected chi connectivity index (χ0v) is 15.6. The van der Waals surface area contributed by atoms with Gasteiger partial charge >= 0.3 is 6.18 Å². The van der Waals surface area contributed by atoms with Gasteiger partial charge in [0.1, 0.15) is 11.4 Å². The Labute approximate surface area is 155 Å². The molecule has 0 saturated carbocycles. The first-order valence-corrected chi connectivity index (χ1v) is 8.66. The molecule has 1 saturated heterocycles. The second-order valence-corrected chi connectivity index (χ2v) is 7.28. The van der Waals surface area contributed by atoms with Gasteiger partial charge < -0.3 is 15.0 Å². The van der Waals surface area contributed by atoms with Gasteiger partial charge in [0.2, 0.25) is 11.8 Å². The molecule has 1 fully saturated rings. The summed E-state index contributed by atoms with van der Waals surface area (Å²) in [5.74, 6) is -0.318. The average molecular weight is 382 g/mol. The number of alkyl halides is 3. The summed E-state index contributed by atoms with van der Waals surface area (Å²) in [4.78, 5) is 25.7. The number of rotatable bonds is 2. The van der Waals surface area contributed by atoms with E-state index in [-0.39, 0.29) is 28.7 Å². The smallest absolute Gasteiger partial charge is 0.416 e. The standard InChI is InChI=1S/C19H21F3N2O3/c1-10-12(19(20,21)22)7-8-13-15(10)16(24-9-5-6-14(24)26)17(23-11(2)25)18(3,4)27-13/h7-8H,5-6,9H2,1-4H3,(H,23,25). The fourth-order valence-electron chi connectivity index (χ4n) is 3.65. The van der Waals surface area contributed by atoms with Crippen LogP contribution < -0.4 is 10.1 Å². The van der Waals surface area contributed by atoms with E-state index in [0.717, 1.165) is 6.07 Å². The lowest BCUT2D eigenvalue weighted by molar-refractivity contribution is -0.138. The van der Waals surface area contributed by atoms with E-state index in [9.17, 15) is 22.8 Å². The average Bonchev–Trinajstić information content (AvgIpc) is 2.92.